The summed E-state index contributed by atoms with van der Waals surface area (Å²) in [6.07, 6.45) is 0. The molecule has 20 heavy (non-hydrogen) atoms. The van der Waals surface area contributed by atoms with E-state index in [1.54, 1.807) is 36.4 Å². The lowest BCUT2D eigenvalue weighted by atomic mass is 10.2. The fourth-order valence-electron chi connectivity index (χ4n) is 1.58. The van der Waals surface area contributed by atoms with Gasteiger partial charge in [-0.15, -0.1) is 0 Å². The quantitative estimate of drug-likeness (QED) is 0.772. The van der Waals surface area contributed by atoms with Crippen LogP contribution in [0.2, 0.25) is 10.0 Å². The second-order valence-electron chi connectivity index (χ2n) is 3.88. The molecule has 0 saturated carbocycles. The van der Waals surface area contributed by atoms with E-state index >= 15 is 0 Å². The molecule has 0 bridgehead atoms. The Morgan fingerprint density at radius 2 is 1.65 bits per heavy atom. The van der Waals surface area contributed by atoms with Crippen LogP contribution in [-0.2, 0) is 0 Å². The van der Waals surface area contributed by atoms with Crippen LogP contribution in [0, 0.1) is 11.3 Å². The number of rotatable bonds is 5. The van der Waals surface area contributed by atoms with E-state index in [0.717, 1.165) is 0 Å². The Bertz CT molecular complexity index is 638. The summed E-state index contributed by atoms with van der Waals surface area (Å²) in [4.78, 5) is 0. The van der Waals surface area contributed by atoms with Crippen LogP contribution in [-0.4, -0.2) is 13.2 Å². The molecule has 0 spiro atoms. The van der Waals surface area contributed by atoms with Crippen molar-refractivity contribution in [3.8, 4) is 17.6 Å². The largest absolute Gasteiger partial charge is 0.489 e. The van der Waals surface area contributed by atoms with E-state index in [-0.39, 0.29) is 0 Å². The van der Waals surface area contributed by atoms with Crippen LogP contribution < -0.4 is 9.47 Å². The molecule has 0 aliphatic rings. The van der Waals surface area contributed by atoms with Gasteiger partial charge >= 0.3 is 0 Å². The number of ether oxygens (including phenoxy) is 2. The van der Waals surface area contributed by atoms with Gasteiger partial charge in [0.2, 0.25) is 0 Å². The van der Waals surface area contributed by atoms with Gasteiger partial charge in [-0.2, -0.15) is 5.26 Å². The Morgan fingerprint density at radius 3 is 2.35 bits per heavy atom. The summed E-state index contributed by atoms with van der Waals surface area (Å²) in [5, 5.41) is 9.93. The smallest absolute Gasteiger partial charge is 0.138 e. The summed E-state index contributed by atoms with van der Waals surface area (Å²) in [5.41, 5.74) is 0.497. The molecule has 2 aromatic rings. The van der Waals surface area contributed by atoms with Crippen LogP contribution in [0.4, 0.5) is 0 Å². The van der Waals surface area contributed by atoms with Gasteiger partial charge in [-0.3, -0.25) is 0 Å². The van der Waals surface area contributed by atoms with Gasteiger partial charge in [0, 0.05) is 5.02 Å². The lowest BCUT2D eigenvalue weighted by molar-refractivity contribution is 0.217. The monoisotopic (exact) mass is 307 g/mol. The summed E-state index contributed by atoms with van der Waals surface area (Å²) in [6.45, 7) is 0.638. The van der Waals surface area contributed by atoms with Crippen molar-refractivity contribution >= 4 is 23.2 Å². The molecule has 0 fully saturated rings. The number of hydrogen-bond acceptors (Lipinski definition) is 3. The predicted octanol–water partition coefficient (Wildman–Crippen LogP) is 4.32. The zero-order chi connectivity index (χ0) is 14.4. The molecule has 0 atom stereocenters. The first kappa shape index (κ1) is 14.5. The van der Waals surface area contributed by atoms with Gasteiger partial charge in [0.25, 0.3) is 0 Å². The Balaban J connectivity index is 1.86. The summed E-state index contributed by atoms with van der Waals surface area (Å²) < 4.78 is 11.0. The van der Waals surface area contributed by atoms with Gasteiger partial charge in [0.1, 0.15) is 30.8 Å². The van der Waals surface area contributed by atoms with E-state index in [4.69, 9.17) is 37.9 Å². The van der Waals surface area contributed by atoms with Crippen LogP contribution in [0.15, 0.2) is 42.5 Å². The molecule has 102 valence electrons. The minimum absolute atomic E-state index is 0.317. The molecule has 5 heteroatoms. The zero-order valence-corrected chi connectivity index (χ0v) is 12.0. The van der Waals surface area contributed by atoms with Crippen molar-refractivity contribution in [2.24, 2.45) is 0 Å². The highest BCUT2D eigenvalue weighted by Gasteiger charge is 2.04. The van der Waals surface area contributed by atoms with Crippen molar-refractivity contribution in [2.45, 2.75) is 0 Å². The maximum atomic E-state index is 8.92. The van der Waals surface area contributed by atoms with Gasteiger partial charge in [-0.25, -0.2) is 0 Å². The maximum absolute atomic E-state index is 8.92. The minimum atomic E-state index is 0.317. The molecule has 2 aromatic carbocycles. The minimum Gasteiger partial charge on any atom is -0.489 e. The SMILES string of the molecule is N#Cc1ccccc1OCCOc1ccc(Cl)cc1Cl. The molecule has 0 aromatic heterocycles. The first-order valence-corrected chi connectivity index (χ1v) is 6.66. The van der Waals surface area contributed by atoms with E-state index in [0.29, 0.717) is 40.3 Å². The third-order valence-corrected chi connectivity index (χ3v) is 3.03. The van der Waals surface area contributed by atoms with Crippen molar-refractivity contribution < 1.29 is 9.47 Å². The number of para-hydroxylation sites is 1. The molecular formula is C15H11Cl2NO2. The third-order valence-electron chi connectivity index (χ3n) is 2.50. The van der Waals surface area contributed by atoms with Gasteiger partial charge < -0.3 is 9.47 Å². The Labute approximate surface area is 127 Å². The Kier molecular flexibility index (Phi) is 5.11. The zero-order valence-electron chi connectivity index (χ0n) is 10.5. The fraction of sp³-hybridized carbons (Fsp3) is 0.133. The second-order valence-corrected chi connectivity index (χ2v) is 4.72. The molecule has 0 saturated heterocycles. The molecule has 0 N–H and O–H groups in total. The molecule has 0 radical (unpaired) electrons. The lowest BCUT2D eigenvalue weighted by Crippen LogP contribution is -2.09. The molecule has 3 nitrogen and oxygen atoms in total. The van der Waals surface area contributed by atoms with Gasteiger partial charge in [-0.05, 0) is 30.3 Å². The van der Waals surface area contributed by atoms with Crippen LogP contribution in [0.1, 0.15) is 5.56 Å². The number of nitrogens with zero attached hydrogens (tertiary/aromatic N) is 1. The average Bonchev–Trinajstić information content (AvgIpc) is 2.46. The summed E-state index contributed by atoms with van der Waals surface area (Å²) in [7, 11) is 0. The van der Waals surface area contributed by atoms with Crippen molar-refractivity contribution in [3.63, 3.8) is 0 Å². The van der Waals surface area contributed by atoms with E-state index in [1.165, 1.54) is 0 Å². The van der Waals surface area contributed by atoms with Crippen LogP contribution in [0.25, 0.3) is 0 Å². The van der Waals surface area contributed by atoms with Gasteiger partial charge in [-0.1, -0.05) is 35.3 Å². The fourth-order valence-corrected chi connectivity index (χ4v) is 2.04. The highest BCUT2D eigenvalue weighted by molar-refractivity contribution is 6.35. The first-order valence-electron chi connectivity index (χ1n) is 5.90. The lowest BCUT2D eigenvalue weighted by Gasteiger charge is -2.10. The van der Waals surface area contributed by atoms with Crippen LogP contribution in [0.3, 0.4) is 0 Å². The summed E-state index contributed by atoms with van der Waals surface area (Å²) in [6, 6.07) is 14.1. The molecule has 0 heterocycles. The van der Waals surface area contributed by atoms with Crippen molar-refractivity contribution in [3.05, 3.63) is 58.1 Å². The van der Waals surface area contributed by atoms with Crippen LogP contribution >= 0.6 is 23.2 Å². The molecule has 0 unspecified atom stereocenters. The third kappa shape index (κ3) is 3.80. The highest BCUT2D eigenvalue weighted by atomic mass is 35.5. The van der Waals surface area contributed by atoms with Gasteiger partial charge in [0.05, 0.1) is 10.6 Å². The molecule has 0 amide bonds. The second kappa shape index (κ2) is 7.04. The van der Waals surface area contributed by atoms with E-state index in [2.05, 4.69) is 6.07 Å². The summed E-state index contributed by atoms with van der Waals surface area (Å²) in [5.74, 6) is 1.09. The van der Waals surface area contributed by atoms with Crippen molar-refractivity contribution in [1.29, 1.82) is 5.26 Å². The Hall–Kier alpha value is -1.89. The molecule has 0 aliphatic heterocycles. The van der Waals surface area contributed by atoms with Crippen molar-refractivity contribution in [1.82, 2.24) is 0 Å². The van der Waals surface area contributed by atoms with Crippen LogP contribution in [0.5, 0.6) is 11.5 Å². The van der Waals surface area contributed by atoms with Gasteiger partial charge in [0.15, 0.2) is 0 Å². The molecule has 0 aliphatic carbocycles. The molecular weight excluding hydrogens is 297 g/mol. The predicted molar refractivity (Wildman–Crippen MR) is 78.6 cm³/mol. The summed E-state index contributed by atoms with van der Waals surface area (Å²) >= 11 is 11.8. The Morgan fingerprint density at radius 1 is 0.950 bits per heavy atom. The number of hydrogen-bond donors (Lipinski definition) is 0. The number of halogens is 2. The molecule has 2 rings (SSSR count). The first-order chi connectivity index (χ1) is 9.70. The van der Waals surface area contributed by atoms with E-state index in [1.807, 2.05) is 6.07 Å². The van der Waals surface area contributed by atoms with E-state index < -0.39 is 0 Å². The number of benzene rings is 2. The average molecular weight is 308 g/mol. The van der Waals surface area contributed by atoms with E-state index in [9.17, 15) is 0 Å². The standard InChI is InChI=1S/C15H11Cl2NO2/c16-12-5-6-15(13(17)9-12)20-8-7-19-14-4-2-1-3-11(14)10-18/h1-6,9H,7-8H2. The topological polar surface area (TPSA) is 42.2 Å². The maximum Gasteiger partial charge on any atom is 0.138 e. The normalized spacial score (nSPS) is 9.85. The number of nitriles is 1. The van der Waals surface area contributed by atoms with Crippen molar-refractivity contribution in [2.75, 3.05) is 13.2 Å². The highest BCUT2D eigenvalue weighted by Crippen LogP contribution is 2.27.